The molecule has 0 fully saturated rings. The molecule has 582 valence electrons. The second kappa shape index (κ2) is 69.4. The third-order valence-electron chi connectivity index (χ3n) is 19.5. The lowest BCUT2D eigenvalue weighted by atomic mass is 9.99. The number of rotatable bonds is 77. The third kappa shape index (κ3) is 68.5. The van der Waals surface area contributed by atoms with Crippen LogP contribution in [0.3, 0.4) is 0 Å². The van der Waals surface area contributed by atoms with Crippen molar-refractivity contribution < 1.29 is 80.2 Å². The summed E-state index contributed by atoms with van der Waals surface area (Å²) < 4.78 is 68.6. The van der Waals surface area contributed by atoms with E-state index in [1.807, 2.05) is 0 Å². The number of hydrogen-bond donors (Lipinski definition) is 3. The van der Waals surface area contributed by atoms with Crippen molar-refractivity contribution in [3.63, 3.8) is 0 Å². The molecule has 0 aliphatic rings. The van der Waals surface area contributed by atoms with Crippen LogP contribution in [0.15, 0.2) is 0 Å². The second-order valence-electron chi connectivity index (χ2n) is 29.2. The van der Waals surface area contributed by atoms with Crippen molar-refractivity contribution in [3.05, 3.63) is 0 Å². The number of ether oxygens (including phenoxy) is 4. The summed E-state index contributed by atoms with van der Waals surface area (Å²) in [5.74, 6) is 0.334. The summed E-state index contributed by atoms with van der Waals surface area (Å²) in [5, 5.41) is 10.6. The zero-order chi connectivity index (χ0) is 72.3. The van der Waals surface area contributed by atoms with E-state index in [1.54, 1.807) is 0 Å². The highest BCUT2D eigenvalue weighted by Gasteiger charge is 2.30. The maximum absolute atomic E-state index is 13.1. The summed E-state index contributed by atoms with van der Waals surface area (Å²) in [6.45, 7) is 12.0. The van der Waals surface area contributed by atoms with Crippen LogP contribution in [0.1, 0.15) is 408 Å². The Morgan fingerprint density at radius 1 is 0.286 bits per heavy atom. The van der Waals surface area contributed by atoms with Crippen LogP contribution < -0.4 is 0 Å². The normalized spacial score (nSPS) is 14.8. The number of phosphoric acid groups is 2. The van der Waals surface area contributed by atoms with Crippen LogP contribution in [-0.4, -0.2) is 96.7 Å². The lowest BCUT2D eigenvalue weighted by Crippen LogP contribution is -2.30. The standard InChI is InChI=1S/C79H154O17P2/c1-8-12-13-14-15-16-31-39-46-53-60-76(81)89-67-75(96-79(84)63-56-49-42-35-34-38-45-52-59-72(7)11-4)69-94-98(87,88)92-65-73(80)64-91-97(85,86)93-68-74(66-90-77(82)61-54-47-40-32-28-27-30-37-44-51-58-71(6)10-3)95-78(83)62-55-48-41-33-26-24-22-20-18-17-19-21-23-25-29-36-43-50-57-70(5)9-2/h70-75,80H,8-69H2,1-7H3,(H,85,86)(H,87,88)/t70?,71?,72?,73-,74-,75-/m1/s1. The quantitative estimate of drug-likeness (QED) is 0.0222. The monoisotopic (exact) mass is 1440 g/mol. The molecule has 19 heteroatoms. The van der Waals surface area contributed by atoms with Gasteiger partial charge in [0.25, 0.3) is 0 Å². The van der Waals surface area contributed by atoms with Gasteiger partial charge in [-0.1, -0.05) is 357 Å². The number of carbonyl (C=O) groups is 4. The minimum absolute atomic E-state index is 0.105. The highest BCUT2D eigenvalue weighted by atomic mass is 31.2. The van der Waals surface area contributed by atoms with Gasteiger partial charge in [0.15, 0.2) is 12.2 Å². The fourth-order valence-electron chi connectivity index (χ4n) is 12.0. The van der Waals surface area contributed by atoms with Crippen LogP contribution >= 0.6 is 15.6 Å². The molecule has 3 N–H and O–H groups in total. The molecule has 0 aromatic heterocycles. The number of hydrogen-bond acceptors (Lipinski definition) is 15. The Hall–Kier alpha value is -1.94. The van der Waals surface area contributed by atoms with Crippen LogP contribution in [0.5, 0.6) is 0 Å². The van der Waals surface area contributed by atoms with E-state index in [4.69, 9.17) is 37.0 Å². The Morgan fingerprint density at radius 3 is 0.724 bits per heavy atom. The maximum atomic E-state index is 13.1. The van der Waals surface area contributed by atoms with Gasteiger partial charge in [-0.3, -0.25) is 37.3 Å². The fourth-order valence-corrected chi connectivity index (χ4v) is 13.6. The summed E-state index contributed by atoms with van der Waals surface area (Å²) in [5.41, 5.74) is 0. The molecular formula is C79H154O17P2. The summed E-state index contributed by atoms with van der Waals surface area (Å²) in [6.07, 6.45) is 56.8. The number of esters is 4. The lowest BCUT2D eigenvalue weighted by molar-refractivity contribution is -0.161. The summed E-state index contributed by atoms with van der Waals surface area (Å²) in [7, 11) is -9.92. The van der Waals surface area contributed by atoms with Crippen molar-refractivity contribution in [1.29, 1.82) is 0 Å². The van der Waals surface area contributed by atoms with Crippen molar-refractivity contribution in [2.45, 2.75) is 426 Å². The van der Waals surface area contributed by atoms with E-state index < -0.39 is 97.5 Å². The predicted molar refractivity (Wildman–Crippen MR) is 400 cm³/mol. The first-order chi connectivity index (χ1) is 47.3. The molecule has 0 radical (unpaired) electrons. The van der Waals surface area contributed by atoms with Crippen molar-refractivity contribution in [3.8, 4) is 0 Å². The van der Waals surface area contributed by atoms with E-state index in [-0.39, 0.29) is 25.7 Å². The average molecular weight is 1440 g/mol. The van der Waals surface area contributed by atoms with Crippen molar-refractivity contribution in [2.75, 3.05) is 39.6 Å². The average Bonchev–Trinajstić information content (AvgIpc) is 1.09. The highest BCUT2D eigenvalue weighted by Crippen LogP contribution is 2.45. The van der Waals surface area contributed by atoms with Crippen LogP contribution in [0.25, 0.3) is 0 Å². The molecular weight excluding hydrogens is 1280 g/mol. The smallest absolute Gasteiger partial charge is 0.462 e. The van der Waals surface area contributed by atoms with Crippen LogP contribution in [0.2, 0.25) is 0 Å². The van der Waals surface area contributed by atoms with Gasteiger partial charge >= 0.3 is 39.5 Å². The summed E-state index contributed by atoms with van der Waals surface area (Å²) >= 11 is 0. The molecule has 0 aliphatic heterocycles. The van der Waals surface area contributed by atoms with Gasteiger partial charge in [0, 0.05) is 25.7 Å². The Bertz CT molecular complexity index is 1910. The van der Waals surface area contributed by atoms with E-state index in [0.717, 1.165) is 108 Å². The minimum atomic E-state index is -4.96. The van der Waals surface area contributed by atoms with Crippen LogP contribution in [-0.2, 0) is 65.4 Å². The first-order valence-electron chi connectivity index (χ1n) is 41.0. The Labute approximate surface area is 600 Å². The van der Waals surface area contributed by atoms with Gasteiger partial charge in [0.2, 0.25) is 0 Å². The molecule has 0 amide bonds. The number of carbonyl (C=O) groups excluding carboxylic acids is 4. The SMILES string of the molecule is CCCCCCCCCCCCC(=O)OC[C@H](COP(=O)(O)OC[C@H](O)COP(=O)(O)OC[C@@H](COC(=O)CCCCCCCCCCCCC(C)CC)OC(=O)CCCCCCCCCCCCCCCCCCCCC(C)CC)OC(=O)CCCCCCCCCCC(C)CC. The molecule has 0 aliphatic carbocycles. The Balaban J connectivity index is 5.21. The van der Waals surface area contributed by atoms with Crippen molar-refractivity contribution in [2.24, 2.45) is 17.8 Å². The number of aliphatic hydroxyl groups excluding tert-OH is 1. The summed E-state index contributed by atoms with van der Waals surface area (Å²) in [6, 6.07) is 0. The van der Waals surface area contributed by atoms with E-state index in [0.29, 0.717) is 25.7 Å². The van der Waals surface area contributed by atoms with Gasteiger partial charge < -0.3 is 33.8 Å². The highest BCUT2D eigenvalue weighted by molar-refractivity contribution is 7.47. The molecule has 0 saturated carbocycles. The van der Waals surface area contributed by atoms with Gasteiger partial charge in [-0.05, 0) is 43.4 Å². The lowest BCUT2D eigenvalue weighted by Gasteiger charge is -2.21. The summed E-state index contributed by atoms with van der Waals surface area (Å²) in [4.78, 5) is 72.9. The zero-order valence-corrected chi connectivity index (χ0v) is 66.0. The molecule has 8 atom stereocenters. The molecule has 0 spiro atoms. The Morgan fingerprint density at radius 2 is 0.490 bits per heavy atom. The number of aliphatic hydroxyl groups is 1. The fraction of sp³-hybridized carbons (Fsp3) is 0.949. The minimum Gasteiger partial charge on any atom is -0.462 e. The van der Waals surface area contributed by atoms with Crippen molar-refractivity contribution >= 4 is 39.5 Å². The molecule has 98 heavy (non-hydrogen) atoms. The molecule has 0 saturated heterocycles. The predicted octanol–water partition coefficient (Wildman–Crippen LogP) is 23.4. The van der Waals surface area contributed by atoms with Gasteiger partial charge in [0.05, 0.1) is 26.4 Å². The topological polar surface area (TPSA) is 237 Å². The molecule has 5 unspecified atom stereocenters. The molecule has 0 bridgehead atoms. The largest absolute Gasteiger partial charge is 0.472 e. The van der Waals surface area contributed by atoms with E-state index in [2.05, 4.69) is 48.5 Å². The first kappa shape index (κ1) is 96.1. The van der Waals surface area contributed by atoms with Gasteiger partial charge in [-0.2, -0.15) is 0 Å². The molecule has 0 heterocycles. The zero-order valence-electron chi connectivity index (χ0n) is 64.3. The van der Waals surface area contributed by atoms with Crippen LogP contribution in [0, 0.1) is 17.8 Å². The maximum Gasteiger partial charge on any atom is 0.472 e. The molecule has 0 aromatic carbocycles. The van der Waals surface area contributed by atoms with Gasteiger partial charge in [-0.25, -0.2) is 9.13 Å². The van der Waals surface area contributed by atoms with E-state index in [9.17, 15) is 43.2 Å². The van der Waals surface area contributed by atoms with Gasteiger partial charge in [0.1, 0.15) is 19.3 Å². The van der Waals surface area contributed by atoms with E-state index in [1.165, 1.54) is 218 Å². The number of phosphoric ester groups is 2. The van der Waals surface area contributed by atoms with Crippen LogP contribution in [0.4, 0.5) is 0 Å². The van der Waals surface area contributed by atoms with Gasteiger partial charge in [-0.15, -0.1) is 0 Å². The van der Waals surface area contributed by atoms with Crippen molar-refractivity contribution in [1.82, 2.24) is 0 Å². The molecule has 0 rings (SSSR count). The third-order valence-corrected chi connectivity index (χ3v) is 21.4. The molecule has 0 aromatic rings. The first-order valence-corrected chi connectivity index (χ1v) is 44.0. The molecule has 17 nitrogen and oxygen atoms in total. The Kier molecular flexibility index (Phi) is 68.1. The number of unbranched alkanes of at least 4 members (excludes halogenated alkanes) is 42. The van der Waals surface area contributed by atoms with E-state index >= 15 is 0 Å². The second-order valence-corrected chi connectivity index (χ2v) is 32.1.